The van der Waals surface area contributed by atoms with Crippen molar-refractivity contribution in [2.75, 3.05) is 19.3 Å². The summed E-state index contributed by atoms with van der Waals surface area (Å²) in [6, 6.07) is 17.2. The average molecular weight is 373 g/mol. The molecule has 0 spiro atoms. The number of amides is 1. The molecule has 2 aromatic rings. The fourth-order valence-corrected chi connectivity index (χ4v) is 4.37. The van der Waals surface area contributed by atoms with Crippen molar-refractivity contribution in [1.29, 1.82) is 0 Å². The zero-order valence-corrected chi connectivity index (χ0v) is 15.5. The molecule has 0 bridgehead atoms. The van der Waals surface area contributed by atoms with Gasteiger partial charge in [-0.25, -0.2) is 13.2 Å². The van der Waals surface area contributed by atoms with Crippen LogP contribution < -0.4 is 0 Å². The van der Waals surface area contributed by atoms with E-state index in [9.17, 15) is 18.3 Å². The number of likely N-dealkylation sites (tertiary alicyclic amines) is 1. The number of sulfone groups is 1. The van der Waals surface area contributed by atoms with E-state index in [-0.39, 0.29) is 5.92 Å². The second kappa shape index (κ2) is 7.50. The highest BCUT2D eigenvalue weighted by Gasteiger charge is 2.30. The lowest BCUT2D eigenvalue weighted by Crippen LogP contribution is -2.39. The van der Waals surface area contributed by atoms with E-state index in [0.29, 0.717) is 23.9 Å². The number of piperidine rings is 1. The third kappa shape index (κ3) is 4.07. The third-order valence-corrected chi connectivity index (χ3v) is 6.24. The first-order valence-electron chi connectivity index (χ1n) is 8.69. The van der Waals surface area contributed by atoms with Gasteiger partial charge in [0.15, 0.2) is 9.84 Å². The van der Waals surface area contributed by atoms with Gasteiger partial charge in [0.2, 0.25) is 0 Å². The van der Waals surface area contributed by atoms with Crippen LogP contribution in [0.25, 0.3) is 0 Å². The third-order valence-electron chi connectivity index (χ3n) is 5.11. The SMILES string of the molecule is CS(=O)(=O)c1ccc(C(c2ccccc2)C2CCN(C(=O)O)CC2)cc1. The van der Waals surface area contributed by atoms with Gasteiger partial charge >= 0.3 is 6.09 Å². The monoisotopic (exact) mass is 373 g/mol. The molecule has 1 amide bonds. The number of benzene rings is 2. The topological polar surface area (TPSA) is 74.7 Å². The summed E-state index contributed by atoms with van der Waals surface area (Å²) < 4.78 is 23.4. The standard InChI is InChI=1S/C20H23NO4S/c1-26(24,25)18-9-7-16(8-10-18)19(15-5-3-2-4-6-15)17-11-13-21(14-12-17)20(22)23/h2-10,17,19H,11-14H2,1H3,(H,22,23). The van der Waals surface area contributed by atoms with Crippen LogP contribution in [0.5, 0.6) is 0 Å². The molecule has 1 fully saturated rings. The van der Waals surface area contributed by atoms with Gasteiger partial charge in [0.05, 0.1) is 4.90 Å². The van der Waals surface area contributed by atoms with E-state index in [0.717, 1.165) is 18.4 Å². The Labute approximate surface area is 154 Å². The fourth-order valence-electron chi connectivity index (χ4n) is 3.74. The molecular formula is C20H23NO4S. The molecule has 2 aromatic carbocycles. The number of nitrogens with zero attached hydrogens (tertiary/aromatic N) is 1. The van der Waals surface area contributed by atoms with Crippen LogP contribution in [0, 0.1) is 5.92 Å². The van der Waals surface area contributed by atoms with Gasteiger partial charge < -0.3 is 10.0 Å². The Bertz CT molecular complexity index is 854. The van der Waals surface area contributed by atoms with E-state index < -0.39 is 15.9 Å². The molecule has 138 valence electrons. The van der Waals surface area contributed by atoms with Gasteiger partial charge in [-0.3, -0.25) is 0 Å². The highest BCUT2D eigenvalue weighted by Crippen LogP contribution is 2.38. The molecule has 1 N–H and O–H groups in total. The lowest BCUT2D eigenvalue weighted by Gasteiger charge is -2.35. The van der Waals surface area contributed by atoms with Crippen LogP contribution in [0.1, 0.15) is 29.9 Å². The normalized spacial score (nSPS) is 17.0. The molecule has 1 aliphatic rings. The molecule has 26 heavy (non-hydrogen) atoms. The van der Waals surface area contributed by atoms with E-state index in [1.54, 1.807) is 12.1 Å². The van der Waals surface area contributed by atoms with Crippen molar-refractivity contribution in [2.45, 2.75) is 23.7 Å². The van der Waals surface area contributed by atoms with Crippen LogP contribution in [-0.4, -0.2) is 43.9 Å². The van der Waals surface area contributed by atoms with E-state index in [2.05, 4.69) is 12.1 Å². The van der Waals surface area contributed by atoms with Gasteiger partial charge in [-0.15, -0.1) is 0 Å². The molecule has 1 saturated heterocycles. The summed E-state index contributed by atoms with van der Waals surface area (Å²) in [4.78, 5) is 12.9. The van der Waals surface area contributed by atoms with Crippen LogP contribution in [0.4, 0.5) is 4.79 Å². The summed E-state index contributed by atoms with van der Waals surface area (Å²) >= 11 is 0. The Balaban J connectivity index is 1.91. The Hall–Kier alpha value is -2.34. The molecule has 1 atom stereocenters. The first kappa shape index (κ1) is 18.5. The summed E-state index contributed by atoms with van der Waals surface area (Å²) in [5, 5.41) is 9.17. The van der Waals surface area contributed by atoms with Crippen LogP contribution in [0.3, 0.4) is 0 Å². The maximum Gasteiger partial charge on any atom is 0.407 e. The minimum absolute atomic E-state index is 0.126. The van der Waals surface area contributed by atoms with Crippen molar-refractivity contribution in [2.24, 2.45) is 5.92 Å². The summed E-state index contributed by atoms with van der Waals surface area (Å²) in [6.45, 7) is 1.06. The quantitative estimate of drug-likeness (QED) is 0.888. The number of hydrogen-bond donors (Lipinski definition) is 1. The molecule has 1 heterocycles. The molecule has 3 rings (SSSR count). The van der Waals surface area contributed by atoms with Crippen LogP contribution >= 0.6 is 0 Å². The Morgan fingerprint density at radius 2 is 1.54 bits per heavy atom. The number of carboxylic acid groups (broad SMARTS) is 1. The van der Waals surface area contributed by atoms with Crippen LogP contribution in [-0.2, 0) is 9.84 Å². The lowest BCUT2D eigenvalue weighted by atomic mass is 9.76. The number of carbonyl (C=O) groups is 1. The van der Waals surface area contributed by atoms with Crippen molar-refractivity contribution in [3.05, 3.63) is 65.7 Å². The van der Waals surface area contributed by atoms with Gasteiger partial charge in [-0.05, 0) is 42.0 Å². The van der Waals surface area contributed by atoms with E-state index in [1.165, 1.54) is 16.7 Å². The molecule has 0 aliphatic carbocycles. The molecule has 6 heteroatoms. The lowest BCUT2D eigenvalue weighted by molar-refractivity contribution is 0.122. The van der Waals surface area contributed by atoms with Gasteiger partial charge in [0, 0.05) is 25.3 Å². The van der Waals surface area contributed by atoms with E-state index in [1.807, 2.05) is 30.3 Å². The Kier molecular flexibility index (Phi) is 5.32. The van der Waals surface area contributed by atoms with Gasteiger partial charge in [-0.1, -0.05) is 42.5 Å². The average Bonchev–Trinajstić information content (AvgIpc) is 2.63. The predicted molar refractivity (Wildman–Crippen MR) is 100 cm³/mol. The van der Waals surface area contributed by atoms with Crippen LogP contribution in [0.15, 0.2) is 59.5 Å². The van der Waals surface area contributed by atoms with Crippen molar-refractivity contribution >= 4 is 15.9 Å². The molecule has 5 nitrogen and oxygen atoms in total. The molecule has 1 unspecified atom stereocenters. The minimum Gasteiger partial charge on any atom is -0.465 e. The van der Waals surface area contributed by atoms with Crippen molar-refractivity contribution in [3.63, 3.8) is 0 Å². The van der Waals surface area contributed by atoms with E-state index >= 15 is 0 Å². The molecule has 1 aliphatic heterocycles. The predicted octanol–water partition coefficient (Wildman–Crippen LogP) is 3.61. The maximum absolute atomic E-state index is 11.7. The van der Waals surface area contributed by atoms with E-state index in [4.69, 9.17) is 0 Å². The first-order valence-corrected chi connectivity index (χ1v) is 10.6. The maximum atomic E-state index is 11.7. The minimum atomic E-state index is -3.22. The largest absolute Gasteiger partial charge is 0.465 e. The highest BCUT2D eigenvalue weighted by atomic mass is 32.2. The van der Waals surface area contributed by atoms with Crippen molar-refractivity contribution < 1.29 is 18.3 Å². The second-order valence-electron chi connectivity index (χ2n) is 6.84. The Morgan fingerprint density at radius 3 is 2.04 bits per heavy atom. The molecular weight excluding hydrogens is 350 g/mol. The zero-order chi connectivity index (χ0) is 18.7. The van der Waals surface area contributed by atoms with Gasteiger partial charge in [0.25, 0.3) is 0 Å². The highest BCUT2D eigenvalue weighted by molar-refractivity contribution is 7.90. The molecule has 0 radical (unpaired) electrons. The zero-order valence-electron chi connectivity index (χ0n) is 14.7. The summed E-state index contributed by atoms with van der Waals surface area (Å²) in [5.41, 5.74) is 2.24. The summed E-state index contributed by atoms with van der Waals surface area (Å²) in [7, 11) is -3.22. The van der Waals surface area contributed by atoms with Crippen molar-refractivity contribution in [3.8, 4) is 0 Å². The summed E-state index contributed by atoms with van der Waals surface area (Å²) in [6.07, 6.45) is 1.93. The number of rotatable bonds is 4. The van der Waals surface area contributed by atoms with Gasteiger partial charge in [-0.2, -0.15) is 0 Å². The number of hydrogen-bond acceptors (Lipinski definition) is 3. The van der Waals surface area contributed by atoms with Crippen LogP contribution in [0.2, 0.25) is 0 Å². The van der Waals surface area contributed by atoms with Crippen molar-refractivity contribution in [1.82, 2.24) is 4.90 Å². The molecule has 0 saturated carbocycles. The second-order valence-corrected chi connectivity index (χ2v) is 8.85. The fraction of sp³-hybridized carbons (Fsp3) is 0.350. The molecule has 0 aromatic heterocycles. The Morgan fingerprint density at radius 1 is 1.00 bits per heavy atom. The first-order chi connectivity index (χ1) is 12.4. The summed E-state index contributed by atoms with van der Waals surface area (Å²) in [5.74, 6) is 0.442. The van der Waals surface area contributed by atoms with Gasteiger partial charge in [0.1, 0.15) is 0 Å². The smallest absolute Gasteiger partial charge is 0.407 e.